The number of fused-ring (bicyclic) bond motifs is 6. The van der Waals surface area contributed by atoms with E-state index in [9.17, 15) is 0 Å². The molecular weight excluding hydrogens is 532 g/mol. The average molecular weight is 569 g/mol. The molecule has 0 saturated carbocycles. The molecule has 9 rings (SSSR count). The fraction of sp³-hybridized carbons (Fsp3) is 0.190. The van der Waals surface area contributed by atoms with Crippen molar-refractivity contribution in [3.05, 3.63) is 161 Å². The highest BCUT2D eigenvalue weighted by Gasteiger charge is 2.48. The van der Waals surface area contributed by atoms with E-state index in [1.807, 2.05) is 0 Å². The second-order valence-corrected chi connectivity index (χ2v) is 13.5. The molecule has 6 aromatic rings. The zero-order valence-corrected chi connectivity index (χ0v) is 25.5. The van der Waals surface area contributed by atoms with Crippen LogP contribution in [0.2, 0.25) is 0 Å². The minimum atomic E-state index is 0.0714. The van der Waals surface area contributed by atoms with Crippen molar-refractivity contribution in [1.82, 2.24) is 9.88 Å². The highest BCUT2D eigenvalue weighted by molar-refractivity contribution is 6.00. The summed E-state index contributed by atoms with van der Waals surface area (Å²) in [5, 5.41) is 5.11. The Bertz CT molecular complexity index is 2100. The number of allylic oxidation sites excluding steroid dienone is 1. The zero-order chi connectivity index (χ0) is 29.6. The van der Waals surface area contributed by atoms with Gasteiger partial charge in [-0.15, -0.1) is 0 Å². The van der Waals surface area contributed by atoms with Gasteiger partial charge in [0.2, 0.25) is 0 Å². The van der Waals surface area contributed by atoms with Gasteiger partial charge in [-0.2, -0.15) is 0 Å². The highest BCUT2D eigenvalue weighted by Crippen LogP contribution is 2.60. The smallest absolute Gasteiger partial charge is 0.0543 e. The van der Waals surface area contributed by atoms with Gasteiger partial charge in [-0.1, -0.05) is 130 Å². The van der Waals surface area contributed by atoms with E-state index in [1.54, 1.807) is 0 Å². The number of aromatic nitrogens is 1. The summed E-state index contributed by atoms with van der Waals surface area (Å²) < 4.78 is 2.55. The quantitative estimate of drug-likeness (QED) is 0.210. The summed E-state index contributed by atoms with van der Waals surface area (Å²) in [6.45, 7) is 7.36. The maximum absolute atomic E-state index is 3.74. The normalized spacial score (nSPS) is 22.7. The van der Waals surface area contributed by atoms with Crippen LogP contribution < -0.4 is 5.32 Å². The Balaban J connectivity index is 1.26. The molecule has 2 heterocycles. The molecule has 1 fully saturated rings. The van der Waals surface area contributed by atoms with Crippen molar-refractivity contribution in [3.63, 3.8) is 0 Å². The summed E-state index contributed by atoms with van der Waals surface area (Å²) in [5.41, 5.74) is 15.0. The van der Waals surface area contributed by atoms with Crippen LogP contribution in [0.5, 0.6) is 0 Å². The molecule has 1 saturated heterocycles. The summed E-state index contributed by atoms with van der Waals surface area (Å²) in [7, 11) is 0. The van der Waals surface area contributed by atoms with Gasteiger partial charge in [0.1, 0.15) is 0 Å². The number of rotatable bonds is 4. The van der Waals surface area contributed by atoms with Gasteiger partial charge in [0, 0.05) is 17.0 Å². The van der Waals surface area contributed by atoms with E-state index >= 15 is 0 Å². The van der Waals surface area contributed by atoms with Gasteiger partial charge in [0.15, 0.2) is 0 Å². The average Bonchev–Trinajstić information content (AvgIpc) is 3.75. The second kappa shape index (κ2) is 9.42. The summed E-state index contributed by atoms with van der Waals surface area (Å²) in [6, 6.07) is 47.7. The topological polar surface area (TPSA) is 26.9 Å². The monoisotopic (exact) mass is 568 g/mol. The lowest BCUT2D eigenvalue weighted by atomic mass is 9.67. The molecule has 44 heavy (non-hydrogen) atoms. The van der Waals surface area contributed by atoms with Crippen LogP contribution in [0.4, 0.5) is 0 Å². The predicted octanol–water partition coefficient (Wildman–Crippen LogP) is 10.2. The predicted molar refractivity (Wildman–Crippen MR) is 183 cm³/mol. The minimum Gasteiger partial charge on any atom is -0.310 e. The van der Waals surface area contributed by atoms with Gasteiger partial charge < -0.3 is 4.57 Å². The molecule has 4 atom stereocenters. The van der Waals surface area contributed by atoms with Gasteiger partial charge in [-0.05, 0) is 80.1 Å². The van der Waals surface area contributed by atoms with E-state index < -0.39 is 0 Å². The molecule has 1 aliphatic heterocycles. The molecule has 214 valence electrons. The third-order valence-corrected chi connectivity index (χ3v) is 10.7. The molecule has 2 aliphatic carbocycles. The van der Waals surface area contributed by atoms with Crippen LogP contribution in [0.15, 0.2) is 127 Å². The van der Waals surface area contributed by atoms with Crippen molar-refractivity contribution >= 4 is 22.6 Å². The van der Waals surface area contributed by atoms with E-state index in [4.69, 9.17) is 0 Å². The number of benzene rings is 5. The first-order valence-electron chi connectivity index (χ1n) is 16.0. The van der Waals surface area contributed by atoms with Crippen molar-refractivity contribution in [2.45, 2.75) is 44.2 Å². The number of nitrogens with zero attached hydrogens (tertiary/aromatic N) is 1. The lowest BCUT2D eigenvalue weighted by Crippen LogP contribution is -2.29. The maximum atomic E-state index is 3.74. The molecule has 1 N–H and O–H groups in total. The molecular formula is C42H36N2. The molecule has 0 bridgehead atoms. The number of hydrogen-bond donors (Lipinski definition) is 1. The molecule has 2 nitrogen and oxygen atoms in total. The van der Waals surface area contributed by atoms with Crippen molar-refractivity contribution < 1.29 is 0 Å². The number of hydrogen-bond acceptors (Lipinski definition) is 1. The minimum absolute atomic E-state index is 0.0714. The van der Waals surface area contributed by atoms with Gasteiger partial charge in [0.05, 0.1) is 23.3 Å². The van der Waals surface area contributed by atoms with Crippen LogP contribution in [0.25, 0.3) is 39.4 Å². The van der Waals surface area contributed by atoms with E-state index in [0.717, 1.165) is 0 Å². The lowest BCUT2D eigenvalue weighted by Gasteiger charge is -2.36. The Kier molecular flexibility index (Phi) is 5.52. The molecule has 3 unspecified atom stereocenters. The van der Waals surface area contributed by atoms with Gasteiger partial charge >= 0.3 is 0 Å². The van der Waals surface area contributed by atoms with Gasteiger partial charge in [-0.3, -0.25) is 5.32 Å². The van der Waals surface area contributed by atoms with E-state index in [0.29, 0.717) is 23.9 Å². The SMILES string of the molecule is CC1c2c(n(-c3cccc(C4N[C@H]4c4ccccc4)c3)c3cc(-c4ccccc4)ccc23)C=C2c3ccccc3C(C)(C)C21. The first-order chi connectivity index (χ1) is 21.5. The fourth-order valence-electron chi connectivity index (χ4n) is 8.67. The first-order valence-corrected chi connectivity index (χ1v) is 16.0. The van der Waals surface area contributed by atoms with Crippen LogP contribution >= 0.6 is 0 Å². The van der Waals surface area contributed by atoms with Crippen LogP contribution in [-0.2, 0) is 5.41 Å². The lowest BCUT2D eigenvalue weighted by molar-refractivity contribution is 0.365. The summed E-state index contributed by atoms with van der Waals surface area (Å²) in [4.78, 5) is 0. The number of nitrogens with one attached hydrogen (secondary N) is 1. The summed E-state index contributed by atoms with van der Waals surface area (Å²) in [6.07, 6.45) is 2.53. The van der Waals surface area contributed by atoms with Crippen LogP contribution in [-0.4, -0.2) is 4.57 Å². The third-order valence-electron chi connectivity index (χ3n) is 10.7. The Morgan fingerprint density at radius 1 is 0.659 bits per heavy atom. The summed E-state index contributed by atoms with van der Waals surface area (Å²) in [5.74, 6) is 0.823. The third kappa shape index (κ3) is 3.71. The van der Waals surface area contributed by atoms with E-state index in [-0.39, 0.29) is 5.41 Å². The molecule has 3 aliphatic rings. The highest BCUT2D eigenvalue weighted by atomic mass is 15.1. The van der Waals surface area contributed by atoms with Crippen LogP contribution in [0, 0.1) is 5.92 Å². The zero-order valence-electron chi connectivity index (χ0n) is 25.5. The van der Waals surface area contributed by atoms with Crippen molar-refractivity contribution in [2.24, 2.45) is 5.92 Å². The van der Waals surface area contributed by atoms with Crippen LogP contribution in [0.1, 0.15) is 72.3 Å². The van der Waals surface area contributed by atoms with Gasteiger partial charge in [-0.25, -0.2) is 0 Å². The Labute approximate surface area is 259 Å². The van der Waals surface area contributed by atoms with E-state index in [1.165, 1.54) is 66.8 Å². The second-order valence-electron chi connectivity index (χ2n) is 13.5. The Morgan fingerprint density at radius 3 is 2.18 bits per heavy atom. The first kappa shape index (κ1) is 25.8. The standard InChI is InChI=1S/C42H36N2/c1-26-38-33-22-21-29(27-13-6-4-7-14-27)24-36(33)44(37(38)25-34-32-19-10-11-20-35(32)42(2,3)39(26)34)31-18-12-17-30(23-31)41-40(43-41)28-15-8-5-9-16-28/h4-26,39-41,43H,1-3H3/t26?,39?,40-,41?/m0/s1. The van der Waals surface area contributed by atoms with Crippen molar-refractivity contribution in [1.29, 1.82) is 0 Å². The fourth-order valence-corrected chi connectivity index (χ4v) is 8.67. The van der Waals surface area contributed by atoms with Crippen molar-refractivity contribution in [3.8, 4) is 16.8 Å². The molecule has 0 amide bonds. The van der Waals surface area contributed by atoms with E-state index in [2.05, 4.69) is 164 Å². The maximum Gasteiger partial charge on any atom is 0.0543 e. The van der Waals surface area contributed by atoms with Crippen LogP contribution in [0.3, 0.4) is 0 Å². The molecule has 0 radical (unpaired) electrons. The Morgan fingerprint density at radius 2 is 1.36 bits per heavy atom. The summed E-state index contributed by atoms with van der Waals surface area (Å²) >= 11 is 0. The van der Waals surface area contributed by atoms with Crippen molar-refractivity contribution in [2.75, 3.05) is 0 Å². The molecule has 0 spiro atoms. The molecule has 1 aromatic heterocycles. The molecule has 5 aromatic carbocycles. The Hall–Kier alpha value is -4.66. The molecule has 2 heteroatoms. The largest absolute Gasteiger partial charge is 0.310 e. The van der Waals surface area contributed by atoms with Gasteiger partial charge in [0.25, 0.3) is 0 Å².